The Hall–Kier alpha value is -2.63. The Morgan fingerprint density at radius 1 is 1.36 bits per heavy atom. The zero-order valence-electron chi connectivity index (χ0n) is 13.9. The predicted octanol–water partition coefficient (Wildman–Crippen LogP) is 3.34. The highest BCUT2D eigenvalue weighted by molar-refractivity contribution is 7.98. The van der Waals surface area contributed by atoms with Gasteiger partial charge < -0.3 is 5.32 Å². The van der Waals surface area contributed by atoms with Gasteiger partial charge in [-0.05, 0) is 32.2 Å². The van der Waals surface area contributed by atoms with Gasteiger partial charge in [-0.1, -0.05) is 29.0 Å². The van der Waals surface area contributed by atoms with E-state index in [0.29, 0.717) is 26.2 Å². The fourth-order valence-electron chi connectivity index (χ4n) is 2.43. The van der Waals surface area contributed by atoms with E-state index in [4.69, 9.17) is 5.41 Å². The Labute approximate surface area is 152 Å². The molecule has 0 atom stereocenters. The summed E-state index contributed by atoms with van der Waals surface area (Å²) in [7, 11) is 0. The zero-order chi connectivity index (χ0) is 18.1. The van der Waals surface area contributed by atoms with Crippen molar-refractivity contribution in [1.82, 2.24) is 9.38 Å². The number of hydrogen-bond acceptors (Lipinski definition) is 6. The molecule has 2 heterocycles. The number of nitrogens with one attached hydrogen (secondary N) is 2. The molecule has 0 radical (unpaired) electrons. The number of amides is 1. The van der Waals surface area contributed by atoms with Crippen LogP contribution in [0.2, 0.25) is 0 Å². The molecule has 1 aromatic carbocycles. The van der Waals surface area contributed by atoms with Crippen molar-refractivity contribution in [2.24, 2.45) is 0 Å². The molecule has 0 unspecified atom stereocenters. The van der Waals surface area contributed by atoms with Gasteiger partial charge in [0, 0.05) is 11.4 Å². The third-order valence-corrected chi connectivity index (χ3v) is 5.56. The highest BCUT2D eigenvalue weighted by Gasteiger charge is 2.20. The first-order valence-corrected chi connectivity index (χ1v) is 9.43. The third kappa shape index (κ3) is 3.04. The number of anilines is 1. The van der Waals surface area contributed by atoms with Gasteiger partial charge in [-0.2, -0.15) is 5.26 Å². The Bertz CT molecular complexity index is 1070. The molecule has 0 aliphatic rings. The fraction of sp³-hybridized carbons (Fsp3) is 0.176. The molecule has 126 valence electrons. The lowest BCUT2D eigenvalue weighted by atomic mass is 10.2. The molecule has 25 heavy (non-hydrogen) atoms. The van der Waals surface area contributed by atoms with Crippen molar-refractivity contribution in [3.8, 4) is 6.07 Å². The van der Waals surface area contributed by atoms with E-state index in [-0.39, 0.29) is 17.0 Å². The molecule has 2 aromatic heterocycles. The minimum atomic E-state index is -0.250. The summed E-state index contributed by atoms with van der Waals surface area (Å²) in [5.74, 6) is -0.250. The van der Waals surface area contributed by atoms with Crippen molar-refractivity contribution in [1.29, 1.82) is 10.7 Å². The smallest absolute Gasteiger partial charge is 0.267 e. The van der Waals surface area contributed by atoms with E-state index in [1.807, 2.05) is 43.5 Å². The molecule has 6 nitrogen and oxygen atoms in total. The first-order valence-electron chi connectivity index (χ1n) is 7.39. The molecule has 0 bridgehead atoms. The van der Waals surface area contributed by atoms with Crippen molar-refractivity contribution in [2.75, 3.05) is 11.6 Å². The topological polar surface area (TPSA) is 94.0 Å². The van der Waals surface area contributed by atoms with Gasteiger partial charge in [0.1, 0.15) is 21.5 Å². The number of thioether (sulfide) groups is 1. The van der Waals surface area contributed by atoms with Crippen LogP contribution in [0, 0.1) is 30.6 Å². The molecule has 3 aromatic rings. The van der Waals surface area contributed by atoms with Crippen LogP contribution in [-0.2, 0) is 0 Å². The molecule has 0 spiro atoms. The average Bonchev–Trinajstić information content (AvgIpc) is 2.93. The van der Waals surface area contributed by atoms with E-state index >= 15 is 0 Å². The van der Waals surface area contributed by atoms with Crippen LogP contribution in [0.3, 0.4) is 0 Å². The van der Waals surface area contributed by atoms with Gasteiger partial charge in [-0.15, -0.1) is 11.8 Å². The summed E-state index contributed by atoms with van der Waals surface area (Å²) >= 11 is 2.53. The third-order valence-electron chi connectivity index (χ3n) is 3.74. The molecule has 8 heteroatoms. The highest BCUT2D eigenvalue weighted by Crippen LogP contribution is 2.24. The molecule has 0 saturated heterocycles. The van der Waals surface area contributed by atoms with Crippen LogP contribution >= 0.6 is 23.1 Å². The Morgan fingerprint density at radius 2 is 2.04 bits per heavy atom. The van der Waals surface area contributed by atoms with Crippen LogP contribution in [0.1, 0.15) is 26.5 Å². The standard InChI is InChI=1S/C17H15N5OS2/c1-9-4-6-11(7-5-9)20-15(23)13-10(2)22-14(19)12(8-18)16(24-3)21-17(22)25-13/h4-7,19H,1-3H3,(H,20,23). The number of carbonyl (C=O) groups is 1. The van der Waals surface area contributed by atoms with Crippen molar-refractivity contribution in [2.45, 2.75) is 18.9 Å². The normalized spacial score (nSPS) is 10.6. The Morgan fingerprint density at radius 3 is 2.64 bits per heavy atom. The molecule has 0 fully saturated rings. The van der Waals surface area contributed by atoms with Gasteiger partial charge in [0.05, 0.1) is 0 Å². The van der Waals surface area contributed by atoms with Gasteiger partial charge in [0.2, 0.25) is 0 Å². The fourth-order valence-corrected chi connectivity index (χ4v) is 4.04. The number of nitrogens with zero attached hydrogens (tertiary/aromatic N) is 3. The number of hydrogen-bond donors (Lipinski definition) is 2. The molecule has 0 aliphatic carbocycles. The van der Waals surface area contributed by atoms with E-state index in [1.165, 1.54) is 23.1 Å². The Balaban J connectivity index is 2.08. The lowest BCUT2D eigenvalue weighted by Crippen LogP contribution is -2.20. The van der Waals surface area contributed by atoms with Gasteiger partial charge in [0.15, 0.2) is 10.4 Å². The summed E-state index contributed by atoms with van der Waals surface area (Å²) in [6, 6.07) is 9.57. The lowest BCUT2D eigenvalue weighted by Gasteiger charge is -2.05. The maximum atomic E-state index is 12.6. The summed E-state index contributed by atoms with van der Waals surface area (Å²) < 4.78 is 1.55. The number of aryl methyl sites for hydroxylation is 2. The second-order valence-corrected chi connectivity index (χ2v) is 7.18. The molecule has 2 N–H and O–H groups in total. The van der Waals surface area contributed by atoms with Gasteiger partial charge in [-0.3, -0.25) is 14.6 Å². The van der Waals surface area contributed by atoms with Crippen LogP contribution in [-0.4, -0.2) is 21.5 Å². The van der Waals surface area contributed by atoms with Crippen LogP contribution in [0.15, 0.2) is 29.3 Å². The van der Waals surface area contributed by atoms with E-state index in [0.717, 1.165) is 5.56 Å². The number of rotatable bonds is 3. The molecular weight excluding hydrogens is 354 g/mol. The summed E-state index contributed by atoms with van der Waals surface area (Å²) in [5, 5.41) is 20.9. The first-order chi connectivity index (χ1) is 12.0. The highest BCUT2D eigenvalue weighted by atomic mass is 32.2. The maximum absolute atomic E-state index is 12.6. The van der Waals surface area contributed by atoms with Gasteiger partial charge in [-0.25, -0.2) is 4.98 Å². The minimum Gasteiger partial charge on any atom is -0.321 e. The molecule has 3 rings (SSSR count). The maximum Gasteiger partial charge on any atom is 0.267 e. The lowest BCUT2D eigenvalue weighted by molar-refractivity contribution is 0.102. The number of aromatic nitrogens is 2. The summed E-state index contributed by atoms with van der Waals surface area (Å²) in [6.07, 6.45) is 1.81. The second-order valence-electron chi connectivity index (χ2n) is 5.41. The molecule has 0 aliphatic heterocycles. The number of thiazole rings is 1. The van der Waals surface area contributed by atoms with E-state index in [2.05, 4.69) is 10.3 Å². The van der Waals surface area contributed by atoms with Crippen molar-refractivity contribution >= 4 is 39.7 Å². The van der Waals surface area contributed by atoms with Crippen LogP contribution in [0.5, 0.6) is 0 Å². The monoisotopic (exact) mass is 369 g/mol. The average molecular weight is 369 g/mol. The minimum absolute atomic E-state index is 0.0555. The summed E-state index contributed by atoms with van der Waals surface area (Å²) in [4.78, 5) is 18.1. The SMILES string of the molecule is CSc1nc2sc(C(=O)Nc3ccc(C)cc3)c(C)n2c(=N)c1C#N. The van der Waals surface area contributed by atoms with Crippen LogP contribution in [0.4, 0.5) is 5.69 Å². The Kier molecular flexibility index (Phi) is 4.61. The number of benzene rings is 1. The van der Waals surface area contributed by atoms with Crippen LogP contribution in [0.25, 0.3) is 4.96 Å². The van der Waals surface area contributed by atoms with E-state index in [9.17, 15) is 10.1 Å². The van der Waals surface area contributed by atoms with E-state index < -0.39 is 0 Å². The predicted molar refractivity (Wildman–Crippen MR) is 99.3 cm³/mol. The zero-order valence-corrected chi connectivity index (χ0v) is 15.5. The first kappa shape index (κ1) is 17.2. The van der Waals surface area contributed by atoms with Crippen molar-refractivity contribution in [3.05, 3.63) is 51.5 Å². The molecule has 0 saturated carbocycles. The van der Waals surface area contributed by atoms with Gasteiger partial charge in [0.25, 0.3) is 5.91 Å². The van der Waals surface area contributed by atoms with Gasteiger partial charge >= 0.3 is 0 Å². The summed E-state index contributed by atoms with van der Waals surface area (Å²) in [6.45, 7) is 3.74. The number of carbonyl (C=O) groups excluding carboxylic acids is 1. The second kappa shape index (κ2) is 6.70. The van der Waals surface area contributed by atoms with Crippen molar-refractivity contribution < 1.29 is 4.79 Å². The molecular formula is C17H15N5OS2. The molecule has 1 amide bonds. The van der Waals surface area contributed by atoms with Crippen molar-refractivity contribution in [3.63, 3.8) is 0 Å². The summed E-state index contributed by atoms with van der Waals surface area (Å²) in [5.41, 5.74) is 2.70. The largest absolute Gasteiger partial charge is 0.321 e. The number of fused-ring (bicyclic) bond motifs is 1. The van der Waals surface area contributed by atoms with E-state index in [1.54, 1.807) is 11.3 Å². The number of nitriles is 1. The van der Waals surface area contributed by atoms with Crippen LogP contribution < -0.4 is 10.8 Å². The quantitative estimate of drug-likeness (QED) is 0.547.